The van der Waals surface area contributed by atoms with Crippen LogP contribution >= 0.6 is 35.6 Å². The number of halogens is 2. The molecule has 0 saturated heterocycles. The molecule has 1 heterocycles. The zero-order valence-electron chi connectivity index (χ0n) is 15.7. The lowest BCUT2D eigenvalue weighted by Gasteiger charge is -2.19. The molecule has 2 N–H and O–H groups in total. The molecule has 5 nitrogen and oxygen atoms in total. The van der Waals surface area contributed by atoms with E-state index in [0.717, 1.165) is 31.0 Å². The van der Waals surface area contributed by atoms with Crippen molar-refractivity contribution in [2.75, 3.05) is 32.6 Å². The van der Waals surface area contributed by atoms with Crippen LogP contribution in [0.3, 0.4) is 0 Å². The molecule has 0 saturated carbocycles. The topological polar surface area (TPSA) is 52.6 Å². The molecule has 0 aliphatic rings. The first kappa shape index (κ1) is 22.5. The largest absolute Gasteiger partial charge is 0.377 e. The van der Waals surface area contributed by atoms with Gasteiger partial charge in [0.25, 0.3) is 0 Å². The number of nitrogens with one attached hydrogen (secondary N) is 2. The number of nitrogens with zero attached hydrogens (tertiary/aromatic N) is 3. The van der Waals surface area contributed by atoms with Crippen molar-refractivity contribution >= 4 is 47.2 Å². The van der Waals surface area contributed by atoms with Crippen molar-refractivity contribution in [3.63, 3.8) is 0 Å². The number of anilines is 1. The summed E-state index contributed by atoms with van der Waals surface area (Å²) < 4.78 is 0. The molecular formula is C19H27ClIN5. The van der Waals surface area contributed by atoms with Gasteiger partial charge in [-0.15, -0.1) is 24.0 Å². The summed E-state index contributed by atoms with van der Waals surface area (Å²) in [5, 5.41) is 7.22. The highest BCUT2D eigenvalue weighted by Crippen LogP contribution is 2.20. The van der Waals surface area contributed by atoms with E-state index >= 15 is 0 Å². The molecule has 0 bridgehead atoms. The Morgan fingerprint density at radius 1 is 1.19 bits per heavy atom. The molecule has 26 heavy (non-hydrogen) atoms. The van der Waals surface area contributed by atoms with Crippen molar-refractivity contribution in [1.82, 2.24) is 15.6 Å². The minimum atomic E-state index is 0. The maximum absolute atomic E-state index is 5.80. The molecule has 7 heteroatoms. The highest BCUT2D eigenvalue weighted by molar-refractivity contribution is 14.0. The van der Waals surface area contributed by atoms with Crippen molar-refractivity contribution in [2.24, 2.45) is 4.99 Å². The van der Waals surface area contributed by atoms with Gasteiger partial charge in [-0.2, -0.15) is 0 Å². The lowest BCUT2D eigenvalue weighted by molar-refractivity contribution is 0.792. The SMILES string of the molecule is CN=C(NCCc1ccc(Cl)nc1)NCc1ccc(C)cc1N(C)C.I. The van der Waals surface area contributed by atoms with Gasteiger partial charge in [0.15, 0.2) is 5.96 Å². The summed E-state index contributed by atoms with van der Waals surface area (Å²) in [5.74, 6) is 0.784. The van der Waals surface area contributed by atoms with Gasteiger partial charge in [-0.3, -0.25) is 4.99 Å². The average molecular weight is 488 g/mol. The van der Waals surface area contributed by atoms with Gasteiger partial charge in [-0.05, 0) is 42.2 Å². The van der Waals surface area contributed by atoms with Gasteiger partial charge in [0.1, 0.15) is 5.15 Å². The third kappa shape index (κ3) is 6.99. The Morgan fingerprint density at radius 3 is 2.58 bits per heavy atom. The van der Waals surface area contributed by atoms with Crippen LogP contribution < -0.4 is 15.5 Å². The first-order valence-electron chi connectivity index (χ1n) is 8.31. The smallest absolute Gasteiger partial charge is 0.191 e. The predicted octanol–water partition coefficient (Wildman–Crippen LogP) is 3.64. The fourth-order valence-corrected chi connectivity index (χ4v) is 2.63. The van der Waals surface area contributed by atoms with E-state index in [1.54, 1.807) is 13.2 Å². The summed E-state index contributed by atoms with van der Waals surface area (Å²) in [7, 11) is 5.90. The van der Waals surface area contributed by atoms with E-state index < -0.39 is 0 Å². The summed E-state index contributed by atoms with van der Waals surface area (Å²) in [6.45, 7) is 3.60. The van der Waals surface area contributed by atoms with Crippen LogP contribution in [0, 0.1) is 6.92 Å². The Hall–Kier alpha value is -1.54. The minimum Gasteiger partial charge on any atom is -0.377 e. The van der Waals surface area contributed by atoms with Crippen LogP contribution in [0.15, 0.2) is 41.5 Å². The highest BCUT2D eigenvalue weighted by atomic mass is 127. The van der Waals surface area contributed by atoms with Gasteiger partial charge >= 0.3 is 0 Å². The summed E-state index contributed by atoms with van der Waals surface area (Å²) >= 11 is 5.80. The number of benzene rings is 1. The summed E-state index contributed by atoms with van der Waals surface area (Å²) in [4.78, 5) is 10.5. The molecule has 1 aromatic carbocycles. The first-order chi connectivity index (χ1) is 12.0. The van der Waals surface area contributed by atoms with E-state index in [4.69, 9.17) is 11.6 Å². The zero-order chi connectivity index (χ0) is 18.2. The van der Waals surface area contributed by atoms with Crippen molar-refractivity contribution < 1.29 is 0 Å². The number of hydrogen-bond acceptors (Lipinski definition) is 3. The van der Waals surface area contributed by atoms with E-state index in [0.29, 0.717) is 5.15 Å². The van der Waals surface area contributed by atoms with E-state index in [2.05, 4.69) is 64.7 Å². The van der Waals surface area contributed by atoms with Crippen LogP contribution in [0.1, 0.15) is 16.7 Å². The van der Waals surface area contributed by atoms with Gasteiger partial charge in [0.05, 0.1) is 0 Å². The number of hydrogen-bond donors (Lipinski definition) is 2. The first-order valence-corrected chi connectivity index (χ1v) is 8.69. The molecule has 0 unspecified atom stereocenters. The van der Waals surface area contributed by atoms with Gasteiger partial charge in [-0.25, -0.2) is 4.98 Å². The van der Waals surface area contributed by atoms with E-state index in [1.807, 2.05) is 12.1 Å². The van der Waals surface area contributed by atoms with Crippen LogP contribution in [0.25, 0.3) is 0 Å². The highest BCUT2D eigenvalue weighted by Gasteiger charge is 2.06. The maximum atomic E-state index is 5.80. The van der Waals surface area contributed by atoms with E-state index in [-0.39, 0.29) is 24.0 Å². The summed E-state index contributed by atoms with van der Waals surface area (Å²) in [6, 6.07) is 10.3. The Bertz CT molecular complexity index is 716. The Kier molecular flexibility index (Phi) is 9.72. The molecule has 0 spiro atoms. The molecule has 0 aliphatic carbocycles. The van der Waals surface area contributed by atoms with Gasteiger partial charge in [0, 0.05) is 46.1 Å². The lowest BCUT2D eigenvalue weighted by Crippen LogP contribution is -2.38. The molecule has 0 atom stereocenters. The van der Waals surface area contributed by atoms with Crippen LogP contribution in [-0.2, 0) is 13.0 Å². The average Bonchev–Trinajstić information content (AvgIpc) is 2.60. The molecule has 0 aliphatic heterocycles. The van der Waals surface area contributed by atoms with Gasteiger partial charge in [0.2, 0.25) is 0 Å². The predicted molar refractivity (Wildman–Crippen MR) is 122 cm³/mol. The standard InChI is InChI=1S/C19H26ClN5.HI/c1-14-5-7-16(17(11-14)25(3)4)13-24-19(21-2)22-10-9-15-6-8-18(20)23-12-15;/h5-8,11-12H,9-10,13H2,1-4H3,(H2,21,22,24);1H. The monoisotopic (exact) mass is 487 g/mol. The molecular weight excluding hydrogens is 461 g/mol. The number of aryl methyl sites for hydroxylation is 1. The molecule has 0 radical (unpaired) electrons. The van der Waals surface area contributed by atoms with E-state index in [1.165, 1.54) is 16.8 Å². The zero-order valence-corrected chi connectivity index (χ0v) is 18.8. The van der Waals surface area contributed by atoms with Crippen LogP contribution in [-0.4, -0.2) is 38.6 Å². The number of pyridine rings is 1. The minimum absolute atomic E-state index is 0. The molecule has 142 valence electrons. The van der Waals surface area contributed by atoms with Gasteiger partial charge < -0.3 is 15.5 Å². The number of aliphatic imine (C=N–C) groups is 1. The number of aromatic nitrogens is 1. The molecule has 1 aromatic heterocycles. The summed E-state index contributed by atoms with van der Waals surface area (Å²) in [6.07, 6.45) is 2.66. The second-order valence-corrected chi connectivity index (χ2v) is 6.51. The van der Waals surface area contributed by atoms with Gasteiger partial charge in [-0.1, -0.05) is 29.8 Å². The second kappa shape index (κ2) is 11.2. The van der Waals surface area contributed by atoms with Crippen LogP contribution in [0.5, 0.6) is 0 Å². The van der Waals surface area contributed by atoms with Crippen molar-refractivity contribution in [3.05, 3.63) is 58.4 Å². The molecule has 0 amide bonds. The van der Waals surface area contributed by atoms with Crippen LogP contribution in [0.4, 0.5) is 5.69 Å². The second-order valence-electron chi connectivity index (χ2n) is 6.12. The summed E-state index contributed by atoms with van der Waals surface area (Å²) in [5.41, 5.74) is 4.85. The quantitative estimate of drug-likeness (QED) is 0.283. The van der Waals surface area contributed by atoms with Crippen molar-refractivity contribution in [3.8, 4) is 0 Å². The third-order valence-electron chi connectivity index (χ3n) is 3.89. The van der Waals surface area contributed by atoms with E-state index in [9.17, 15) is 0 Å². The Labute approximate surface area is 178 Å². The molecule has 0 fully saturated rings. The molecule has 2 aromatic rings. The lowest BCUT2D eigenvalue weighted by atomic mass is 10.1. The Balaban J connectivity index is 0.00000338. The van der Waals surface area contributed by atoms with Crippen molar-refractivity contribution in [1.29, 1.82) is 0 Å². The fraction of sp³-hybridized carbons (Fsp3) is 0.368. The maximum Gasteiger partial charge on any atom is 0.191 e. The van der Waals surface area contributed by atoms with Crippen molar-refractivity contribution in [2.45, 2.75) is 19.9 Å². The normalized spacial score (nSPS) is 10.9. The van der Waals surface area contributed by atoms with Crippen LogP contribution in [0.2, 0.25) is 5.15 Å². The third-order valence-corrected chi connectivity index (χ3v) is 4.11. The number of rotatable bonds is 6. The number of guanidine groups is 1. The fourth-order valence-electron chi connectivity index (χ4n) is 2.52. The molecule has 2 rings (SSSR count). The Morgan fingerprint density at radius 2 is 1.96 bits per heavy atom.